The number of benzene rings is 3. The zero-order valence-electron chi connectivity index (χ0n) is 18.9. The first-order valence-corrected chi connectivity index (χ1v) is 11.0. The average molecular weight is 457 g/mol. The maximum Gasteiger partial charge on any atom is 0.269 e. The lowest BCUT2D eigenvalue weighted by Crippen LogP contribution is -2.37. The van der Waals surface area contributed by atoms with E-state index in [9.17, 15) is 19.7 Å². The number of carbonyl (C=O) groups excluding carboxylic acids is 1. The van der Waals surface area contributed by atoms with Crippen molar-refractivity contribution in [2.24, 2.45) is 0 Å². The van der Waals surface area contributed by atoms with E-state index in [1.165, 1.54) is 24.3 Å². The topological polar surface area (TPSA) is 98.3 Å². The Labute approximate surface area is 196 Å². The summed E-state index contributed by atoms with van der Waals surface area (Å²) in [5.74, 6) is 0.184. The van der Waals surface area contributed by atoms with Gasteiger partial charge in [0, 0.05) is 24.2 Å². The second-order valence-electron chi connectivity index (χ2n) is 7.94. The van der Waals surface area contributed by atoms with Gasteiger partial charge < -0.3 is 4.90 Å². The van der Waals surface area contributed by atoms with Crippen LogP contribution >= 0.6 is 0 Å². The van der Waals surface area contributed by atoms with Gasteiger partial charge in [-0.3, -0.25) is 24.3 Å². The Morgan fingerprint density at radius 2 is 1.68 bits per heavy atom. The number of carbonyl (C=O) groups is 1. The fraction of sp³-hybridized carbons (Fsp3) is 0.192. The quantitative estimate of drug-likeness (QED) is 0.300. The minimum atomic E-state index is -0.520. The van der Waals surface area contributed by atoms with Gasteiger partial charge in [-0.15, -0.1) is 0 Å². The van der Waals surface area contributed by atoms with Gasteiger partial charge in [0.15, 0.2) is 0 Å². The normalized spacial score (nSPS) is 11.8. The second-order valence-corrected chi connectivity index (χ2v) is 7.94. The van der Waals surface area contributed by atoms with Crippen molar-refractivity contribution in [1.82, 2.24) is 14.5 Å². The number of para-hydroxylation sites is 1. The highest BCUT2D eigenvalue weighted by molar-refractivity contribution is 5.94. The molecule has 0 aliphatic heterocycles. The van der Waals surface area contributed by atoms with Crippen LogP contribution in [0.5, 0.6) is 0 Å². The van der Waals surface area contributed by atoms with E-state index < -0.39 is 11.0 Å². The summed E-state index contributed by atoms with van der Waals surface area (Å²) in [7, 11) is 0. The third-order valence-corrected chi connectivity index (χ3v) is 5.84. The molecule has 0 bridgehead atoms. The molecule has 0 spiro atoms. The molecule has 0 radical (unpaired) electrons. The highest BCUT2D eigenvalue weighted by atomic mass is 16.6. The zero-order valence-corrected chi connectivity index (χ0v) is 18.9. The summed E-state index contributed by atoms with van der Waals surface area (Å²) < 4.78 is 1.62. The Hall–Kier alpha value is -4.33. The molecule has 4 rings (SSSR count). The molecule has 4 aromatic rings. The van der Waals surface area contributed by atoms with Gasteiger partial charge in [0.2, 0.25) is 0 Å². The van der Waals surface area contributed by atoms with Crippen molar-refractivity contribution in [1.29, 1.82) is 0 Å². The first-order valence-electron chi connectivity index (χ1n) is 11.0. The Kier molecular flexibility index (Phi) is 6.49. The Morgan fingerprint density at radius 1 is 1.03 bits per heavy atom. The van der Waals surface area contributed by atoms with Gasteiger partial charge >= 0.3 is 0 Å². The van der Waals surface area contributed by atoms with Crippen LogP contribution in [0.2, 0.25) is 0 Å². The zero-order chi connectivity index (χ0) is 24.2. The van der Waals surface area contributed by atoms with Crippen LogP contribution in [0.4, 0.5) is 5.69 Å². The molecule has 0 saturated heterocycles. The summed E-state index contributed by atoms with van der Waals surface area (Å²) in [6.07, 6.45) is 0. The van der Waals surface area contributed by atoms with E-state index in [1.807, 2.05) is 50.2 Å². The summed E-state index contributed by atoms with van der Waals surface area (Å²) in [6, 6.07) is 21.8. The molecule has 34 heavy (non-hydrogen) atoms. The van der Waals surface area contributed by atoms with E-state index in [1.54, 1.807) is 27.7 Å². The van der Waals surface area contributed by atoms with Crippen molar-refractivity contribution in [3.8, 4) is 0 Å². The molecular formula is C26H24N4O4. The molecule has 172 valence electrons. The highest BCUT2D eigenvalue weighted by Crippen LogP contribution is 2.23. The van der Waals surface area contributed by atoms with Crippen molar-refractivity contribution < 1.29 is 9.72 Å². The highest BCUT2D eigenvalue weighted by Gasteiger charge is 2.26. The van der Waals surface area contributed by atoms with E-state index in [0.29, 0.717) is 35.4 Å². The van der Waals surface area contributed by atoms with Crippen molar-refractivity contribution in [2.45, 2.75) is 26.4 Å². The minimum absolute atomic E-state index is 0.0828. The molecule has 1 atom stereocenters. The van der Waals surface area contributed by atoms with Gasteiger partial charge in [0.05, 0.1) is 28.4 Å². The monoisotopic (exact) mass is 456 g/mol. The largest absolute Gasteiger partial charge is 0.329 e. The number of nitrogens with zero attached hydrogens (tertiary/aromatic N) is 4. The van der Waals surface area contributed by atoms with Crippen molar-refractivity contribution in [2.75, 3.05) is 6.54 Å². The molecule has 0 saturated carbocycles. The first kappa shape index (κ1) is 22.8. The van der Waals surface area contributed by atoms with Crippen molar-refractivity contribution >= 4 is 22.5 Å². The molecule has 0 N–H and O–H groups in total. The number of nitro groups is 1. The summed E-state index contributed by atoms with van der Waals surface area (Å²) in [6.45, 7) is 4.37. The number of rotatable bonds is 7. The van der Waals surface area contributed by atoms with E-state index in [4.69, 9.17) is 4.98 Å². The molecule has 1 heterocycles. The summed E-state index contributed by atoms with van der Waals surface area (Å²) in [5.41, 5.74) is 1.59. The summed E-state index contributed by atoms with van der Waals surface area (Å²) in [5, 5.41) is 11.5. The average Bonchev–Trinajstić information content (AvgIpc) is 2.86. The smallest absolute Gasteiger partial charge is 0.269 e. The van der Waals surface area contributed by atoms with Gasteiger partial charge in [0.25, 0.3) is 17.2 Å². The molecule has 0 fully saturated rings. The van der Waals surface area contributed by atoms with Gasteiger partial charge in [-0.1, -0.05) is 42.5 Å². The van der Waals surface area contributed by atoms with Gasteiger partial charge in [0.1, 0.15) is 5.82 Å². The fourth-order valence-corrected chi connectivity index (χ4v) is 4.05. The number of amides is 1. The summed E-state index contributed by atoms with van der Waals surface area (Å²) in [4.78, 5) is 43.7. The number of nitro benzene ring substituents is 1. The maximum atomic E-state index is 13.5. The van der Waals surface area contributed by atoms with Crippen LogP contribution in [-0.2, 0) is 6.54 Å². The van der Waals surface area contributed by atoms with Crippen molar-refractivity contribution in [3.05, 3.63) is 116 Å². The predicted molar refractivity (Wildman–Crippen MR) is 130 cm³/mol. The van der Waals surface area contributed by atoms with Crippen LogP contribution in [-0.4, -0.2) is 31.8 Å². The Balaban J connectivity index is 1.78. The number of non-ortho nitro benzene ring substituents is 1. The summed E-state index contributed by atoms with van der Waals surface area (Å²) >= 11 is 0. The van der Waals surface area contributed by atoms with Crippen LogP contribution in [0.15, 0.2) is 83.7 Å². The van der Waals surface area contributed by atoms with Crippen molar-refractivity contribution in [3.63, 3.8) is 0 Å². The number of aromatic nitrogens is 2. The maximum absolute atomic E-state index is 13.5. The fourth-order valence-electron chi connectivity index (χ4n) is 4.05. The molecule has 0 aliphatic carbocycles. The van der Waals surface area contributed by atoms with Gasteiger partial charge in [-0.25, -0.2) is 4.98 Å². The molecule has 1 unspecified atom stereocenters. The van der Waals surface area contributed by atoms with Crippen LogP contribution in [0.1, 0.15) is 41.6 Å². The minimum Gasteiger partial charge on any atom is -0.329 e. The number of fused-ring (bicyclic) bond motifs is 1. The molecule has 1 amide bonds. The number of hydrogen-bond acceptors (Lipinski definition) is 5. The van der Waals surface area contributed by atoms with E-state index in [0.717, 1.165) is 5.56 Å². The lowest BCUT2D eigenvalue weighted by molar-refractivity contribution is -0.384. The molecular weight excluding hydrogens is 432 g/mol. The Morgan fingerprint density at radius 3 is 2.32 bits per heavy atom. The van der Waals surface area contributed by atoms with Crippen LogP contribution in [0.25, 0.3) is 10.9 Å². The third-order valence-electron chi connectivity index (χ3n) is 5.84. The molecule has 8 heteroatoms. The standard InChI is InChI=1S/C26H24N4O4/c1-3-28(25(31)20-13-15-21(16-14-20)30(33)34)18(2)24-27-23-12-8-7-11-22(23)26(32)29(24)17-19-9-5-4-6-10-19/h4-16,18H,3,17H2,1-2H3. The van der Waals surface area contributed by atoms with Crippen LogP contribution in [0, 0.1) is 10.1 Å². The van der Waals surface area contributed by atoms with Gasteiger partial charge in [-0.05, 0) is 43.7 Å². The molecule has 1 aromatic heterocycles. The van der Waals surface area contributed by atoms with Gasteiger partial charge in [-0.2, -0.15) is 0 Å². The van der Waals surface area contributed by atoms with Crippen LogP contribution < -0.4 is 5.56 Å². The second kappa shape index (κ2) is 9.66. The van der Waals surface area contributed by atoms with E-state index >= 15 is 0 Å². The van der Waals surface area contributed by atoms with Crippen LogP contribution in [0.3, 0.4) is 0 Å². The molecule has 3 aromatic carbocycles. The lowest BCUT2D eigenvalue weighted by atomic mass is 10.1. The predicted octanol–water partition coefficient (Wildman–Crippen LogP) is 4.58. The Bertz CT molecular complexity index is 1400. The first-order chi connectivity index (χ1) is 16.4. The van der Waals surface area contributed by atoms with E-state index in [2.05, 4.69) is 0 Å². The lowest BCUT2D eigenvalue weighted by Gasteiger charge is -2.29. The SMILES string of the molecule is CCN(C(=O)c1ccc([N+](=O)[O-])cc1)C(C)c1nc2ccccc2c(=O)n1Cc1ccccc1. The molecule has 8 nitrogen and oxygen atoms in total. The number of hydrogen-bond donors (Lipinski definition) is 0. The third kappa shape index (κ3) is 4.43. The molecule has 0 aliphatic rings. The van der Waals surface area contributed by atoms with E-state index in [-0.39, 0.29) is 17.2 Å².